The Morgan fingerprint density at radius 3 is 2.00 bits per heavy atom. The zero-order chi connectivity index (χ0) is 8.81. The second kappa shape index (κ2) is 4.60. The van der Waals surface area contributed by atoms with Gasteiger partial charge in [0.25, 0.3) is 0 Å². The van der Waals surface area contributed by atoms with Crippen LogP contribution >= 0.6 is 23.5 Å². The van der Waals surface area contributed by atoms with Gasteiger partial charge in [0.1, 0.15) is 27.2 Å². The lowest BCUT2D eigenvalue weighted by Gasteiger charge is -1.92. The molecule has 0 aromatic carbocycles. The minimum Gasteiger partial charge on any atom is -0.229 e. The molecule has 0 aliphatic carbocycles. The summed E-state index contributed by atoms with van der Waals surface area (Å²) in [5, 5.41) is 21.5. The third-order valence-corrected chi connectivity index (χ3v) is 1.96. The van der Waals surface area contributed by atoms with Gasteiger partial charge in [0.2, 0.25) is 0 Å². The first-order chi connectivity index (χ1) is 5.86. The van der Waals surface area contributed by atoms with Crippen LogP contribution in [0.3, 0.4) is 0 Å². The Kier molecular flexibility index (Phi) is 3.39. The SMILES string of the molecule is N#CSc1cc(SC#N)ncn1. The number of thiocyanates is 2. The third-order valence-electron chi connectivity index (χ3n) is 0.917. The summed E-state index contributed by atoms with van der Waals surface area (Å²) in [4.78, 5) is 7.64. The van der Waals surface area contributed by atoms with Crippen molar-refractivity contribution < 1.29 is 0 Å². The van der Waals surface area contributed by atoms with Crippen molar-refractivity contribution in [2.45, 2.75) is 10.1 Å². The van der Waals surface area contributed by atoms with E-state index in [1.54, 1.807) is 6.07 Å². The zero-order valence-corrected chi connectivity index (χ0v) is 7.39. The van der Waals surface area contributed by atoms with E-state index in [0.29, 0.717) is 10.1 Å². The van der Waals surface area contributed by atoms with E-state index in [0.717, 1.165) is 23.5 Å². The fraction of sp³-hybridized carbons (Fsp3) is 0. The molecule has 1 rings (SSSR count). The van der Waals surface area contributed by atoms with E-state index in [2.05, 4.69) is 9.97 Å². The van der Waals surface area contributed by atoms with Crippen LogP contribution in [0.2, 0.25) is 0 Å². The van der Waals surface area contributed by atoms with Crippen LogP contribution < -0.4 is 0 Å². The number of thioether (sulfide) groups is 2. The molecular formula is C6H2N4S2. The molecule has 0 radical (unpaired) electrons. The van der Waals surface area contributed by atoms with Crippen LogP contribution in [0.4, 0.5) is 0 Å². The van der Waals surface area contributed by atoms with E-state index in [9.17, 15) is 0 Å². The first kappa shape index (κ1) is 8.85. The smallest absolute Gasteiger partial charge is 0.140 e. The van der Waals surface area contributed by atoms with Crippen molar-refractivity contribution in [3.63, 3.8) is 0 Å². The van der Waals surface area contributed by atoms with Gasteiger partial charge in [-0.3, -0.25) is 0 Å². The molecule has 0 atom stereocenters. The Morgan fingerprint density at radius 1 is 1.08 bits per heavy atom. The predicted octanol–water partition coefficient (Wildman–Crippen LogP) is 1.62. The highest BCUT2D eigenvalue weighted by atomic mass is 32.2. The lowest BCUT2D eigenvalue weighted by Crippen LogP contribution is -1.82. The molecule has 0 spiro atoms. The average molecular weight is 194 g/mol. The summed E-state index contributed by atoms with van der Waals surface area (Å²) in [6.45, 7) is 0. The standard InChI is InChI=1S/C6H2N4S2/c7-2-11-5-1-6(12-3-8)10-4-9-5/h1,4H. The Bertz CT molecular complexity index is 320. The molecule has 0 amide bonds. The van der Waals surface area contributed by atoms with Gasteiger partial charge in [-0.2, -0.15) is 10.5 Å². The highest BCUT2D eigenvalue weighted by Gasteiger charge is 1.98. The van der Waals surface area contributed by atoms with Crippen molar-refractivity contribution in [1.82, 2.24) is 9.97 Å². The van der Waals surface area contributed by atoms with Crippen molar-refractivity contribution in [2.24, 2.45) is 0 Å². The van der Waals surface area contributed by atoms with E-state index in [-0.39, 0.29) is 0 Å². The summed E-state index contributed by atoms with van der Waals surface area (Å²) >= 11 is 1.89. The maximum Gasteiger partial charge on any atom is 0.140 e. The summed E-state index contributed by atoms with van der Waals surface area (Å²) in [7, 11) is 0. The van der Waals surface area contributed by atoms with Gasteiger partial charge < -0.3 is 0 Å². The first-order valence-electron chi connectivity index (χ1n) is 2.80. The molecule has 1 aromatic rings. The van der Waals surface area contributed by atoms with Crippen molar-refractivity contribution in [3.8, 4) is 10.8 Å². The topological polar surface area (TPSA) is 73.4 Å². The number of aromatic nitrogens is 2. The summed E-state index contributed by atoms with van der Waals surface area (Å²) < 4.78 is 0. The maximum absolute atomic E-state index is 8.32. The minimum absolute atomic E-state index is 0.560. The zero-order valence-electron chi connectivity index (χ0n) is 5.76. The predicted molar refractivity (Wildman–Crippen MR) is 45.0 cm³/mol. The maximum atomic E-state index is 8.32. The van der Waals surface area contributed by atoms with Gasteiger partial charge in [0.15, 0.2) is 0 Å². The fourth-order valence-corrected chi connectivity index (χ4v) is 1.33. The molecule has 12 heavy (non-hydrogen) atoms. The van der Waals surface area contributed by atoms with Crippen LogP contribution in [0, 0.1) is 21.3 Å². The van der Waals surface area contributed by atoms with Gasteiger partial charge in [-0.05, 0) is 0 Å². The van der Waals surface area contributed by atoms with Crippen molar-refractivity contribution in [1.29, 1.82) is 10.5 Å². The summed E-state index contributed by atoms with van der Waals surface area (Å²) in [5.41, 5.74) is 0. The molecule has 4 nitrogen and oxygen atoms in total. The first-order valence-corrected chi connectivity index (χ1v) is 4.44. The Morgan fingerprint density at radius 2 is 1.58 bits per heavy atom. The monoisotopic (exact) mass is 194 g/mol. The molecule has 0 aliphatic rings. The molecule has 1 aromatic heterocycles. The highest BCUT2D eigenvalue weighted by molar-refractivity contribution is 8.04. The largest absolute Gasteiger partial charge is 0.229 e. The molecule has 0 saturated carbocycles. The molecule has 0 N–H and O–H groups in total. The molecule has 0 bridgehead atoms. The number of nitriles is 2. The van der Waals surface area contributed by atoms with Gasteiger partial charge >= 0.3 is 0 Å². The molecular weight excluding hydrogens is 192 g/mol. The van der Waals surface area contributed by atoms with Crippen molar-refractivity contribution >= 4 is 23.5 Å². The van der Waals surface area contributed by atoms with Gasteiger partial charge in [0, 0.05) is 29.6 Å². The second-order valence-electron chi connectivity index (χ2n) is 1.58. The Hall–Kier alpha value is -1.24. The molecule has 0 saturated heterocycles. The van der Waals surface area contributed by atoms with E-state index in [1.807, 2.05) is 10.8 Å². The van der Waals surface area contributed by atoms with Gasteiger partial charge in [-0.1, -0.05) is 0 Å². The number of rotatable bonds is 2. The number of hydrogen-bond acceptors (Lipinski definition) is 6. The van der Waals surface area contributed by atoms with Gasteiger partial charge in [-0.25, -0.2) is 9.97 Å². The van der Waals surface area contributed by atoms with Crippen LogP contribution in [-0.2, 0) is 0 Å². The Balaban J connectivity index is 2.84. The minimum atomic E-state index is 0.560. The van der Waals surface area contributed by atoms with Crippen LogP contribution in [0.5, 0.6) is 0 Å². The molecule has 6 heteroatoms. The van der Waals surface area contributed by atoms with Crippen LogP contribution in [0.15, 0.2) is 22.4 Å². The van der Waals surface area contributed by atoms with E-state index < -0.39 is 0 Å². The molecule has 0 aliphatic heterocycles. The second-order valence-corrected chi connectivity index (χ2v) is 3.19. The quantitative estimate of drug-likeness (QED) is 0.404. The van der Waals surface area contributed by atoms with Gasteiger partial charge in [-0.15, -0.1) is 0 Å². The number of nitrogens with zero attached hydrogens (tertiary/aromatic N) is 4. The third kappa shape index (κ3) is 2.42. The molecule has 1 heterocycles. The Labute approximate surface area is 77.6 Å². The molecule has 58 valence electrons. The molecule has 0 unspecified atom stereocenters. The molecule has 0 fully saturated rings. The lowest BCUT2D eigenvalue weighted by molar-refractivity contribution is 0.968. The lowest BCUT2D eigenvalue weighted by atomic mass is 10.7. The van der Waals surface area contributed by atoms with E-state index >= 15 is 0 Å². The summed E-state index contributed by atoms with van der Waals surface area (Å²) in [6, 6.07) is 1.60. The normalized spacial score (nSPS) is 8.50. The van der Waals surface area contributed by atoms with Crippen molar-refractivity contribution in [2.75, 3.05) is 0 Å². The van der Waals surface area contributed by atoms with E-state index in [4.69, 9.17) is 10.5 Å². The summed E-state index contributed by atoms with van der Waals surface area (Å²) in [6.07, 6.45) is 1.33. The average Bonchev–Trinajstić information content (AvgIpc) is 2.06. The van der Waals surface area contributed by atoms with Crippen LogP contribution in [-0.4, -0.2) is 9.97 Å². The fourth-order valence-electron chi connectivity index (χ4n) is 0.528. The van der Waals surface area contributed by atoms with E-state index in [1.165, 1.54) is 6.33 Å². The van der Waals surface area contributed by atoms with Crippen LogP contribution in [0.1, 0.15) is 0 Å². The van der Waals surface area contributed by atoms with Gasteiger partial charge in [0.05, 0.1) is 0 Å². The van der Waals surface area contributed by atoms with Crippen LogP contribution in [0.25, 0.3) is 0 Å². The summed E-state index contributed by atoms with van der Waals surface area (Å²) in [5.74, 6) is 0. The van der Waals surface area contributed by atoms with Crippen molar-refractivity contribution in [3.05, 3.63) is 12.4 Å². The highest BCUT2D eigenvalue weighted by Crippen LogP contribution is 2.18. The number of hydrogen-bond donors (Lipinski definition) is 0.